The predicted octanol–water partition coefficient (Wildman–Crippen LogP) is 2.16. The van der Waals surface area contributed by atoms with Gasteiger partial charge in [0.1, 0.15) is 18.5 Å². The number of ether oxygens (including phenoxy) is 1. The molecule has 0 bridgehead atoms. The molecule has 0 saturated heterocycles. The third-order valence-corrected chi connectivity index (χ3v) is 3.19. The van der Waals surface area contributed by atoms with Crippen LogP contribution in [0.15, 0.2) is 24.3 Å². The van der Waals surface area contributed by atoms with Crippen molar-refractivity contribution in [3.63, 3.8) is 0 Å². The van der Waals surface area contributed by atoms with Crippen molar-refractivity contribution in [2.75, 3.05) is 25.1 Å². The Labute approximate surface area is 164 Å². The molecule has 9 nitrogen and oxygen atoms in total. The summed E-state index contributed by atoms with van der Waals surface area (Å²) in [6.45, 7) is 6.53. The first-order valence-electron chi connectivity index (χ1n) is 8.39. The molecule has 3 N–H and O–H groups in total. The molecule has 1 aromatic rings. The molecule has 27 heavy (non-hydrogen) atoms. The van der Waals surface area contributed by atoms with Gasteiger partial charge >= 0.3 is 0 Å². The van der Waals surface area contributed by atoms with Crippen LogP contribution in [-0.4, -0.2) is 47.5 Å². The highest BCUT2D eigenvalue weighted by Gasteiger charge is 2.12. The van der Waals surface area contributed by atoms with Gasteiger partial charge in [0.05, 0.1) is 6.61 Å². The highest BCUT2D eigenvalue weighted by atomic mass is 35.5. The fourth-order valence-electron chi connectivity index (χ4n) is 1.91. The Bertz CT molecular complexity index is 577. The number of anilines is 1. The van der Waals surface area contributed by atoms with Crippen molar-refractivity contribution in [3.05, 3.63) is 34.4 Å². The van der Waals surface area contributed by atoms with Gasteiger partial charge in [-0.1, -0.05) is 0 Å². The molecule has 0 aliphatic rings. The second-order valence-corrected chi connectivity index (χ2v) is 6.83. The number of hydrogen-bond donors (Lipinski definition) is 3. The second kappa shape index (κ2) is 12.3. The Morgan fingerprint density at radius 3 is 2.48 bits per heavy atom. The molecule has 0 saturated carbocycles. The summed E-state index contributed by atoms with van der Waals surface area (Å²) in [5, 5.41) is 24.9. The van der Waals surface area contributed by atoms with Gasteiger partial charge in [0.25, 0.3) is 5.09 Å². The molecule has 0 fully saturated rings. The topological polar surface area (TPSA) is 123 Å². The van der Waals surface area contributed by atoms with E-state index >= 15 is 0 Å². The van der Waals surface area contributed by atoms with E-state index in [1.165, 1.54) is 0 Å². The normalized spacial score (nSPS) is 11.9. The van der Waals surface area contributed by atoms with E-state index in [0.717, 1.165) is 0 Å². The lowest BCUT2D eigenvalue weighted by molar-refractivity contribution is -0.757. The zero-order valence-corrected chi connectivity index (χ0v) is 16.6. The van der Waals surface area contributed by atoms with Crippen LogP contribution >= 0.6 is 12.4 Å². The highest BCUT2D eigenvalue weighted by Crippen LogP contribution is 2.16. The third kappa shape index (κ3) is 12.8. The molecule has 154 valence electrons. The maximum absolute atomic E-state index is 11.7. The lowest BCUT2D eigenvalue weighted by atomic mass is 10.1. The van der Waals surface area contributed by atoms with E-state index in [4.69, 9.17) is 4.74 Å². The van der Waals surface area contributed by atoms with Gasteiger partial charge in [0.15, 0.2) is 0 Å². The van der Waals surface area contributed by atoms with E-state index < -0.39 is 11.2 Å². The van der Waals surface area contributed by atoms with E-state index in [1.807, 2.05) is 20.8 Å². The minimum absolute atomic E-state index is 0. The molecule has 1 unspecified atom stereocenters. The van der Waals surface area contributed by atoms with E-state index in [2.05, 4.69) is 15.5 Å². The minimum atomic E-state index is -0.882. The summed E-state index contributed by atoms with van der Waals surface area (Å²) >= 11 is 0. The van der Waals surface area contributed by atoms with Crippen molar-refractivity contribution in [1.82, 2.24) is 5.32 Å². The molecule has 0 radical (unpaired) electrons. The smallest absolute Gasteiger partial charge is 0.294 e. The van der Waals surface area contributed by atoms with Gasteiger partial charge in [0, 0.05) is 24.2 Å². The Morgan fingerprint density at radius 1 is 1.30 bits per heavy atom. The minimum Gasteiger partial charge on any atom is -0.491 e. The van der Waals surface area contributed by atoms with Crippen LogP contribution < -0.4 is 15.4 Å². The van der Waals surface area contributed by atoms with Crippen molar-refractivity contribution in [2.24, 2.45) is 0 Å². The molecule has 0 spiro atoms. The van der Waals surface area contributed by atoms with Crippen LogP contribution in [0, 0.1) is 10.1 Å². The second-order valence-electron chi connectivity index (χ2n) is 6.83. The summed E-state index contributed by atoms with van der Waals surface area (Å²) in [4.78, 5) is 25.8. The maximum Gasteiger partial charge on any atom is 0.294 e. The number of carbonyl (C=O) groups excluding carboxylic acids is 1. The Balaban J connectivity index is 0.00000676. The Kier molecular flexibility index (Phi) is 11.4. The fraction of sp³-hybridized carbons (Fsp3) is 0.588. The number of hydrogen-bond acceptors (Lipinski definition) is 7. The molecule has 1 aromatic carbocycles. The summed E-state index contributed by atoms with van der Waals surface area (Å²) in [6.07, 6.45) is -0.247. The summed E-state index contributed by atoms with van der Waals surface area (Å²) in [7, 11) is 0. The molecule has 1 atom stereocenters. The maximum atomic E-state index is 11.7. The first-order chi connectivity index (χ1) is 12.2. The zero-order valence-electron chi connectivity index (χ0n) is 15.8. The van der Waals surface area contributed by atoms with Crippen LogP contribution in [0.2, 0.25) is 0 Å². The number of amides is 1. The quantitative estimate of drug-likeness (QED) is 0.293. The van der Waals surface area contributed by atoms with Crippen molar-refractivity contribution >= 4 is 24.0 Å². The standard InChI is InChI=1S/C17H27N3O6.ClH/c1-17(2,3)18-11-14(21)12-25-15-8-6-13(7-9-15)19-16(22)5-4-10-26-20(23)24;/h6-9,14,18,21H,4-5,10-12H2,1-3H3,(H,19,22);1H. The first kappa shape index (κ1) is 24.9. The first-order valence-corrected chi connectivity index (χ1v) is 8.39. The van der Waals surface area contributed by atoms with Crippen LogP contribution in [0.1, 0.15) is 33.6 Å². The number of rotatable bonds is 11. The number of nitrogens with zero attached hydrogens (tertiary/aromatic N) is 1. The largest absolute Gasteiger partial charge is 0.491 e. The van der Waals surface area contributed by atoms with Gasteiger partial charge in [-0.05, 0) is 51.5 Å². The van der Waals surface area contributed by atoms with Gasteiger partial charge in [-0.3, -0.25) is 4.79 Å². The van der Waals surface area contributed by atoms with Crippen LogP contribution in [-0.2, 0) is 9.63 Å². The monoisotopic (exact) mass is 405 g/mol. The molecule has 0 aliphatic carbocycles. The molecule has 1 amide bonds. The van der Waals surface area contributed by atoms with Crippen molar-refractivity contribution in [2.45, 2.75) is 45.3 Å². The molecule has 0 heterocycles. The molecule has 1 rings (SSSR count). The van der Waals surface area contributed by atoms with E-state index in [0.29, 0.717) is 18.0 Å². The number of aliphatic hydroxyl groups excluding tert-OH is 1. The molecule has 0 aromatic heterocycles. The van der Waals surface area contributed by atoms with E-state index in [1.54, 1.807) is 24.3 Å². The SMILES string of the molecule is CC(C)(C)NCC(O)COc1ccc(NC(=O)CCCO[N+](=O)[O-])cc1.Cl. The summed E-state index contributed by atoms with van der Waals surface area (Å²) in [5.41, 5.74) is 0.517. The van der Waals surface area contributed by atoms with Gasteiger partial charge in [0.2, 0.25) is 5.91 Å². The van der Waals surface area contributed by atoms with Gasteiger partial charge in [-0.15, -0.1) is 22.5 Å². The van der Waals surface area contributed by atoms with Gasteiger partial charge in [-0.2, -0.15) is 0 Å². The zero-order chi connectivity index (χ0) is 19.6. The lowest BCUT2D eigenvalue weighted by Gasteiger charge is -2.23. The molecule has 10 heteroatoms. The fourth-order valence-corrected chi connectivity index (χ4v) is 1.91. The lowest BCUT2D eigenvalue weighted by Crippen LogP contribution is -2.42. The summed E-state index contributed by atoms with van der Waals surface area (Å²) in [5.74, 6) is 0.325. The van der Waals surface area contributed by atoms with Crippen molar-refractivity contribution in [3.8, 4) is 5.75 Å². The number of nitrogens with one attached hydrogen (secondary N) is 2. The Morgan fingerprint density at radius 2 is 1.93 bits per heavy atom. The number of carbonyl (C=O) groups is 1. The summed E-state index contributed by atoms with van der Waals surface area (Å²) < 4.78 is 5.51. The van der Waals surface area contributed by atoms with Crippen LogP contribution in [0.25, 0.3) is 0 Å². The molecule has 0 aliphatic heterocycles. The number of halogens is 1. The summed E-state index contributed by atoms with van der Waals surface area (Å²) in [6, 6.07) is 6.74. The van der Waals surface area contributed by atoms with E-state index in [-0.39, 0.29) is 49.9 Å². The molecular weight excluding hydrogens is 378 g/mol. The number of β-amino-alcohol motifs (C(OH)–C–C–N with tert-alkyl or cyclic N) is 1. The predicted molar refractivity (Wildman–Crippen MR) is 104 cm³/mol. The van der Waals surface area contributed by atoms with Crippen LogP contribution in [0.5, 0.6) is 5.75 Å². The van der Waals surface area contributed by atoms with Crippen molar-refractivity contribution < 1.29 is 24.6 Å². The van der Waals surface area contributed by atoms with E-state index in [9.17, 15) is 20.0 Å². The van der Waals surface area contributed by atoms with Crippen LogP contribution in [0.4, 0.5) is 5.69 Å². The number of aliphatic hydroxyl groups is 1. The van der Waals surface area contributed by atoms with Gasteiger partial charge in [-0.25, -0.2) is 0 Å². The third-order valence-electron chi connectivity index (χ3n) is 3.19. The highest BCUT2D eigenvalue weighted by molar-refractivity contribution is 5.90. The average Bonchev–Trinajstić information content (AvgIpc) is 2.55. The Hall–Kier alpha value is -2.10. The van der Waals surface area contributed by atoms with Crippen LogP contribution in [0.3, 0.4) is 0 Å². The molecular formula is C17H28ClN3O6. The number of benzene rings is 1. The van der Waals surface area contributed by atoms with Gasteiger partial charge < -0.3 is 25.3 Å². The van der Waals surface area contributed by atoms with Crippen molar-refractivity contribution in [1.29, 1.82) is 0 Å². The average molecular weight is 406 g/mol.